The van der Waals surface area contributed by atoms with Crippen molar-refractivity contribution >= 4 is 5.82 Å². The van der Waals surface area contributed by atoms with Gasteiger partial charge in [-0.3, -0.25) is 10.1 Å². The summed E-state index contributed by atoms with van der Waals surface area (Å²) in [6.07, 6.45) is 2.61. The summed E-state index contributed by atoms with van der Waals surface area (Å²) in [5, 5.41) is 6.69. The Morgan fingerprint density at radius 1 is 0.950 bits per heavy atom. The van der Waals surface area contributed by atoms with Crippen LogP contribution in [0.2, 0.25) is 0 Å². The largest absolute Gasteiger partial charge is 0.382 e. The number of nitrogen functional groups attached to an aromatic ring is 1. The summed E-state index contributed by atoms with van der Waals surface area (Å²) >= 11 is 0. The van der Waals surface area contributed by atoms with Crippen LogP contribution < -0.4 is 5.73 Å². The topological polar surface area (TPSA) is 67.6 Å². The lowest BCUT2D eigenvalue weighted by atomic mass is 10.0. The van der Waals surface area contributed by atoms with Crippen molar-refractivity contribution < 1.29 is 8.78 Å². The SMILES string of the molecule is Nc1n[nH]c(-c2cncc(F)c2)c1-c1ccc(F)cc1. The third-order valence-electron chi connectivity index (χ3n) is 2.92. The number of nitrogens with two attached hydrogens (primary N) is 1. The number of rotatable bonds is 2. The van der Waals surface area contributed by atoms with Gasteiger partial charge in [-0.05, 0) is 23.8 Å². The molecule has 0 atom stereocenters. The zero-order valence-corrected chi connectivity index (χ0v) is 10.3. The molecule has 4 nitrogen and oxygen atoms in total. The molecule has 3 rings (SSSR count). The summed E-state index contributed by atoms with van der Waals surface area (Å²) in [5.41, 5.74) is 8.19. The first kappa shape index (κ1) is 12.3. The lowest BCUT2D eigenvalue weighted by molar-refractivity contribution is 0.622. The zero-order valence-electron chi connectivity index (χ0n) is 10.3. The Kier molecular flexibility index (Phi) is 2.90. The molecule has 100 valence electrons. The number of H-pyrrole nitrogens is 1. The van der Waals surface area contributed by atoms with Gasteiger partial charge < -0.3 is 5.73 Å². The van der Waals surface area contributed by atoms with Gasteiger partial charge in [0.15, 0.2) is 5.82 Å². The Bertz CT molecular complexity index is 750. The van der Waals surface area contributed by atoms with E-state index in [0.717, 1.165) is 6.20 Å². The van der Waals surface area contributed by atoms with Crippen molar-refractivity contribution in [3.8, 4) is 22.4 Å². The monoisotopic (exact) mass is 272 g/mol. The standard InChI is InChI=1S/C14H10F2N4/c15-10-3-1-8(2-4-10)12-13(19-20-14(12)17)9-5-11(16)7-18-6-9/h1-7H,(H3,17,19,20). The number of aromatic amines is 1. The van der Waals surface area contributed by atoms with Crippen LogP contribution in [0.25, 0.3) is 22.4 Å². The lowest BCUT2D eigenvalue weighted by Gasteiger charge is -2.04. The van der Waals surface area contributed by atoms with E-state index in [2.05, 4.69) is 15.2 Å². The van der Waals surface area contributed by atoms with Crippen LogP contribution in [0, 0.1) is 11.6 Å². The Balaban J connectivity index is 2.17. The maximum absolute atomic E-state index is 13.3. The normalized spacial score (nSPS) is 10.7. The lowest BCUT2D eigenvalue weighted by Crippen LogP contribution is -1.90. The fourth-order valence-corrected chi connectivity index (χ4v) is 2.02. The van der Waals surface area contributed by atoms with E-state index in [1.807, 2.05) is 0 Å². The van der Waals surface area contributed by atoms with Gasteiger partial charge in [-0.2, -0.15) is 5.10 Å². The molecule has 0 spiro atoms. The maximum Gasteiger partial charge on any atom is 0.153 e. The predicted molar refractivity (Wildman–Crippen MR) is 71.6 cm³/mol. The maximum atomic E-state index is 13.3. The van der Waals surface area contributed by atoms with Gasteiger partial charge in [-0.25, -0.2) is 8.78 Å². The second kappa shape index (κ2) is 4.73. The third kappa shape index (κ3) is 2.11. The van der Waals surface area contributed by atoms with Crippen molar-refractivity contribution in [2.75, 3.05) is 5.73 Å². The Hall–Kier alpha value is -2.76. The number of aromatic nitrogens is 3. The van der Waals surface area contributed by atoms with Crippen molar-refractivity contribution in [2.45, 2.75) is 0 Å². The Labute approximate surface area is 113 Å². The average Bonchev–Trinajstić information content (AvgIpc) is 2.82. The summed E-state index contributed by atoms with van der Waals surface area (Å²) in [7, 11) is 0. The number of nitrogens with zero attached hydrogens (tertiary/aromatic N) is 2. The summed E-state index contributed by atoms with van der Waals surface area (Å²) < 4.78 is 26.3. The molecule has 0 aliphatic carbocycles. The number of halogens is 2. The fourth-order valence-electron chi connectivity index (χ4n) is 2.02. The van der Waals surface area contributed by atoms with Crippen LogP contribution >= 0.6 is 0 Å². The van der Waals surface area contributed by atoms with E-state index in [1.165, 1.54) is 24.4 Å². The van der Waals surface area contributed by atoms with Gasteiger partial charge in [0.2, 0.25) is 0 Å². The molecule has 0 aliphatic heterocycles. The van der Waals surface area contributed by atoms with Crippen LogP contribution in [0.5, 0.6) is 0 Å². The number of pyridine rings is 1. The van der Waals surface area contributed by atoms with Gasteiger partial charge in [0.1, 0.15) is 11.6 Å². The molecule has 3 aromatic rings. The van der Waals surface area contributed by atoms with Crippen LogP contribution in [0.4, 0.5) is 14.6 Å². The molecule has 20 heavy (non-hydrogen) atoms. The highest BCUT2D eigenvalue weighted by molar-refractivity contribution is 5.87. The first-order valence-corrected chi connectivity index (χ1v) is 5.86. The molecule has 3 N–H and O–H groups in total. The molecule has 6 heteroatoms. The molecule has 1 aromatic carbocycles. The number of anilines is 1. The molecule has 0 saturated carbocycles. The van der Waals surface area contributed by atoms with E-state index >= 15 is 0 Å². The van der Waals surface area contributed by atoms with Crippen molar-refractivity contribution in [3.05, 3.63) is 54.4 Å². The first-order chi connectivity index (χ1) is 9.65. The molecule has 0 fully saturated rings. The van der Waals surface area contributed by atoms with Crippen LogP contribution in [-0.2, 0) is 0 Å². The summed E-state index contributed by atoms with van der Waals surface area (Å²) in [6.45, 7) is 0. The average molecular weight is 272 g/mol. The summed E-state index contributed by atoms with van der Waals surface area (Å²) in [4.78, 5) is 3.80. The minimum atomic E-state index is -0.458. The minimum Gasteiger partial charge on any atom is -0.382 e. The van der Waals surface area contributed by atoms with E-state index in [-0.39, 0.29) is 11.6 Å². The van der Waals surface area contributed by atoms with Gasteiger partial charge in [0.05, 0.1) is 17.5 Å². The van der Waals surface area contributed by atoms with Crippen LogP contribution in [0.1, 0.15) is 0 Å². The third-order valence-corrected chi connectivity index (χ3v) is 2.92. The molecule has 2 heterocycles. The molecule has 2 aromatic heterocycles. The highest BCUT2D eigenvalue weighted by atomic mass is 19.1. The van der Waals surface area contributed by atoms with E-state index in [1.54, 1.807) is 12.1 Å². The van der Waals surface area contributed by atoms with Crippen molar-refractivity contribution in [2.24, 2.45) is 0 Å². The van der Waals surface area contributed by atoms with E-state index in [0.29, 0.717) is 22.4 Å². The van der Waals surface area contributed by atoms with Crippen LogP contribution in [0.3, 0.4) is 0 Å². The fraction of sp³-hybridized carbons (Fsp3) is 0. The molecular formula is C14H10F2N4. The Morgan fingerprint density at radius 2 is 1.70 bits per heavy atom. The highest BCUT2D eigenvalue weighted by Crippen LogP contribution is 2.34. The molecule has 0 aliphatic rings. The minimum absolute atomic E-state index is 0.260. The molecule has 0 amide bonds. The van der Waals surface area contributed by atoms with Crippen molar-refractivity contribution in [1.29, 1.82) is 0 Å². The molecule has 0 saturated heterocycles. The van der Waals surface area contributed by atoms with Crippen LogP contribution in [-0.4, -0.2) is 15.2 Å². The number of hydrogen-bond donors (Lipinski definition) is 2. The van der Waals surface area contributed by atoms with Gasteiger partial charge in [0.25, 0.3) is 0 Å². The molecule has 0 radical (unpaired) electrons. The second-order valence-corrected chi connectivity index (χ2v) is 4.26. The zero-order chi connectivity index (χ0) is 14.1. The molecular weight excluding hydrogens is 262 g/mol. The number of nitrogens with one attached hydrogen (secondary N) is 1. The Morgan fingerprint density at radius 3 is 2.40 bits per heavy atom. The predicted octanol–water partition coefficient (Wildman–Crippen LogP) is 3.00. The number of benzene rings is 1. The van der Waals surface area contributed by atoms with Crippen LogP contribution in [0.15, 0.2) is 42.7 Å². The van der Waals surface area contributed by atoms with Gasteiger partial charge in [-0.15, -0.1) is 0 Å². The van der Waals surface area contributed by atoms with Crippen molar-refractivity contribution in [3.63, 3.8) is 0 Å². The quantitative estimate of drug-likeness (QED) is 0.753. The molecule has 0 bridgehead atoms. The van der Waals surface area contributed by atoms with Gasteiger partial charge >= 0.3 is 0 Å². The smallest absolute Gasteiger partial charge is 0.153 e. The summed E-state index contributed by atoms with van der Waals surface area (Å²) in [6, 6.07) is 7.16. The van der Waals surface area contributed by atoms with Crippen molar-refractivity contribution in [1.82, 2.24) is 15.2 Å². The highest BCUT2D eigenvalue weighted by Gasteiger charge is 2.15. The second-order valence-electron chi connectivity index (χ2n) is 4.26. The van der Waals surface area contributed by atoms with Gasteiger partial charge in [-0.1, -0.05) is 12.1 Å². The van der Waals surface area contributed by atoms with E-state index in [9.17, 15) is 8.78 Å². The van der Waals surface area contributed by atoms with E-state index in [4.69, 9.17) is 5.73 Å². The van der Waals surface area contributed by atoms with Gasteiger partial charge in [0, 0.05) is 11.8 Å². The van der Waals surface area contributed by atoms with E-state index < -0.39 is 5.82 Å². The summed E-state index contributed by atoms with van der Waals surface area (Å²) in [5.74, 6) is -0.540. The number of hydrogen-bond acceptors (Lipinski definition) is 3. The molecule has 0 unspecified atom stereocenters. The first-order valence-electron chi connectivity index (χ1n) is 5.86.